The third kappa shape index (κ3) is 4.46. The number of aryl methyl sites for hydroxylation is 2. The molecule has 1 aliphatic rings. The van der Waals surface area contributed by atoms with Gasteiger partial charge < -0.3 is 14.6 Å². The lowest BCUT2D eigenvalue weighted by Crippen LogP contribution is -2.33. The molecule has 9 heteroatoms. The summed E-state index contributed by atoms with van der Waals surface area (Å²) in [6.45, 7) is 4.62. The number of rotatable bonds is 4. The molecule has 0 atom stereocenters. The van der Waals surface area contributed by atoms with Crippen molar-refractivity contribution in [3.05, 3.63) is 76.9 Å². The van der Waals surface area contributed by atoms with Gasteiger partial charge in [0.1, 0.15) is 28.9 Å². The van der Waals surface area contributed by atoms with Crippen LogP contribution in [0.1, 0.15) is 34.2 Å². The lowest BCUT2D eigenvalue weighted by Gasteiger charge is -2.22. The van der Waals surface area contributed by atoms with Crippen LogP contribution in [0, 0.1) is 12.7 Å². The van der Waals surface area contributed by atoms with E-state index in [9.17, 15) is 17.6 Å². The molecule has 36 heavy (non-hydrogen) atoms. The summed E-state index contributed by atoms with van der Waals surface area (Å²) in [6.07, 6.45) is 1.35. The Kier molecular flexibility index (Phi) is 6.04. The molecular formula is C27H26FN3O4S. The van der Waals surface area contributed by atoms with Crippen LogP contribution in [-0.2, 0) is 22.8 Å². The minimum Gasteiger partial charge on any atom is -0.491 e. The van der Waals surface area contributed by atoms with E-state index >= 15 is 0 Å². The third-order valence-corrected chi connectivity index (χ3v) is 7.54. The Labute approximate surface area is 208 Å². The molecule has 0 radical (unpaired) electrons. The van der Waals surface area contributed by atoms with E-state index < -0.39 is 20.5 Å². The lowest BCUT2D eigenvalue weighted by molar-refractivity contribution is 0.0731. The monoisotopic (exact) mass is 507 g/mol. The van der Waals surface area contributed by atoms with E-state index in [0.717, 1.165) is 45.9 Å². The van der Waals surface area contributed by atoms with Crippen LogP contribution in [0.25, 0.3) is 22.2 Å². The Balaban J connectivity index is 1.48. The van der Waals surface area contributed by atoms with Gasteiger partial charge in [0, 0.05) is 23.9 Å². The molecule has 2 heterocycles. The van der Waals surface area contributed by atoms with Gasteiger partial charge in [0.25, 0.3) is 5.91 Å². The van der Waals surface area contributed by atoms with Crippen molar-refractivity contribution in [2.45, 2.75) is 31.7 Å². The van der Waals surface area contributed by atoms with Crippen LogP contribution in [0.5, 0.6) is 5.75 Å². The third-order valence-electron chi connectivity index (χ3n) is 6.43. The summed E-state index contributed by atoms with van der Waals surface area (Å²) < 4.78 is 44.5. The summed E-state index contributed by atoms with van der Waals surface area (Å²) in [5.74, 6) is 0.263. The minimum absolute atomic E-state index is 0.169. The minimum atomic E-state index is -3.75. The van der Waals surface area contributed by atoms with Crippen LogP contribution in [0.15, 0.2) is 53.4 Å². The zero-order valence-electron chi connectivity index (χ0n) is 20.3. The molecule has 4 aromatic rings. The fraction of sp³-hybridized carbons (Fsp3) is 0.259. The topological polar surface area (TPSA) is 92.4 Å². The van der Waals surface area contributed by atoms with Gasteiger partial charge in [0.15, 0.2) is 9.84 Å². The first-order chi connectivity index (χ1) is 17.1. The number of benzene rings is 3. The smallest absolute Gasteiger partial charge is 0.254 e. The van der Waals surface area contributed by atoms with E-state index in [2.05, 4.69) is 9.97 Å². The Morgan fingerprint density at radius 1 is 1.14 bits per heavy atom. The molecule has 0 saturated heterocycles. The molecule has 186 valence electrons. The number of ether oxygens (including phenoxy) is 1. The first-order valence-corrected chi connectivity index (χ1v) is 13.6. The summed E-state index contributed by atoms with van der Waals surface area (Å²) in [6, 6.07) is 14.2. The molecule has 0 aliphatic carbocycles. The number of H-pyrrole nitrogens is 1. The normalized spacial score (nSPS) is 13.8. The molecule has 0 bridgehead atoms. The summed E-state index contributed by atoms with van der Waals surface area (Å²) in [4.78, 5) is 22.4. The standard InChI is InChI=1S/C27H26FN3O4S/c1-4-17-13-26(36(3,33)34)22(28)14-21(17)27(32)31-9-10-35-25-8-6-18(11-20(25)15-31)19-5-7-23-24(12-19)30-16(2)29-23/h5-8,11-14H,4,9-10,15H2,1-3H3,(H,29,30). The van der Waals surface area contributed by atoms with Crippen molar-refractivity contribution in [1.82, 2.24) is 14.9 Å². The molecule has 7 nitrogen and oxygen atoms in total. The maximum absolute atomic E-state index is 14.7. The molecule has 1 amide bonds. The Morgan fingerprint density at radius 2 is 1.89 bits per heavy atom. The predicted molar refractivity (Wildman–Crippen MR) is 135 cm³/mol. The van der Waals surface area contributed by atoms with E-state index in [-0.39, 0.29) is 18.0 Å². The number of aromatic nitrogens is 2. The number of imidazole rings is 1. The molecule has 3 aromatic carbocycles. The van der Waals surface area contributed by atoms with Crippen molar-refractivity contribution in [2.24, 2.45) is 0 Å². The number of hydrogen-bond acceptors (Lipinski definition) is 5. The number of aromatic amines is 1. The zero-order valence-corrected chi connectivity index (χ0v) is 21.1. The van der Waals surface area contributed by atoms with Gasteiger partial charge in [-0.3, -0.25) is 4.79 Å². The zero-order chi connectivity index (χ0) is 25.6. The fourth-order valence-electron chi connectivity index (χ4n) is 4.61. The van der Waals surface area contributed by atoms with Crippen molar-refractivity contribution < 1.29 is 22.3 Å². The van der Waals surface area contributed by atoms with Crippen LogP contribution in [0.3, 0.4) is 0 Å². The van der Waals surface area contributed by atoms with Crippen molar-refractivity contribution >= 4 is 26.8 Å². The van der Waals surface area contributed by atoms with Crippen molar-refractivity contribution in [3.8, 4) is 16.9 Å². The highest BCUT2D eigenvalue weighted by Gasteiger charge is 2.26. The highest BCUT2D eigenvalue weighted by atomic mass is 32.2. The maximum atomic E-state index is 14.7. The summed E-state index contributed by atoms with van der Waals surface area (Å²) >= 11 is 0. The van der Waals surface area contributed by atoms with Crippen LogP contribution >= 0.6 is 0 Å². The Hall–Kier alpha value is -3.72. The van der Waals surface area contributed by atoms with Gasteiger partial charge in [-0.25, -0.2) is 17.8 Å². The first-order valence-electron chi connectivity index (χ1n) is 11.7. The van der Waals surface area contributed by atoms with Crippen LogP contribution in [0.2, 0.25) is 0 Å². The van der Waals surface area contributed by atoms with Crippen molar-refractivity contribution in [3.63, 3.8) is 0 Å². The molecule has 1 N–H and O–H groups in total. The van der Waals surface area contributed by atoms with Crippen LogP contribution in [-0.4, -0.2) is 48.6 Å². The summed E-state index contributed by atoms with van der Waals surface area (Å²) in [5.41, 5.74) is 5.31. The van der Waals surface area contributed by atoms with Gasteiger partial charge in [0.05, 0.1) is 17.6 Å². The average Bonchev–Trinajstić information content (AvgIpc) is 3.08. The molecule has 0 unspecified atom stereocenters. The molecule has 0 spiro atoms. The Bertz CT molecular complexity index is 1610. The SMILES string of the molecule is CCc1cc(S(C)(=O)=O)c(F)cc1C(=O)N1CCOc2ccc(-c3ccc4nc(C)[nH]c4c3)cc2C1. The second-order valence-corrected chi connectivity index (χ2v) is 11.0. The van der Waals surface area contributed by atoms with Crippen LogP contribution in [0.4, 0.5) is 4.39 Å². The van der Waals surface area contributed by atoms with Crippen molar-refractivity contribution in [1.29, 1.82) is 0 Å². The largest absolute Gasteiger partial charge is 0.491 e. The highest BCUT2D eigenvalue weighted by Crippen LogP contribution is 2.31. The van der Waals surface area contributed by atoms with Gasteiger partial charge in [0.2, 0.25) is 0 Å². The predicted octanol–water partition coefficient (Wildman–Crippen LogP) is 4.68. The number of sulfone groups is 1. The second-order valence-electron chi connectivity index (χ2n) is 9.02. The summed E-state index contributed by atoms with van der Waals surface area (Å²) in [5, 5.41) is 0. The second kappa shape index (κ2) is 9.05. The maximum Gasteiger partial charge on any atom is 0.254 e. The van der Waals surface area contributed by atoms with Gasteiger partial charge >= 0.3 is 0 Å². The average molecular weight is 508 g/mol. The fourth-order valence-corrected chi connectivity index (χ4v) is 5.38. The van der Waals surface area contributed by atoms with E-state index in [1.54, 1.807) is 11.8 Å². The molecule has 1 aliphatic heterocycles. The quantitative estimate of drug-likeness (QED) is 0.433. The number of amides is 1. The number of nitrogens with one attached hydrogen (secondary N) is 1. The number of nitrogens with zero attached hydrogens (tertiary/aromatic N) is 2. The van der Waals surface area contributed by atoms with Gasteiger partial charge in [-0.05, 0) is 66.4 Å². The van der Waals surface area contributed by atoms with Crippen molar-refractivity contribution in [2.75, 3.05) is 19.4 Å². The molecule has 0 saturated carbocycles. The molecule has 5 rings (SSSR count). The first kappa shape index (κ1) is 24.0. The summed E-state index contributed by atoms with van der Waals surface area (Å²) in [7, 11) is -3.75. The number of halogens is 1. The van der Waals surface area contributed by atoms with Gasteiger partial charge in [-0.1, -0.05) is 19.1 Å². The van der Waals surface area contributed by atoms with E-state index in [1.807, 2.05) is 43.3 Å². The highest BCUT2D eigenvalue weighted by molar-refractivity contribution is 7.90. The number of fused-ring (bicyclic) bond motifs is 2. The van der Waals surface area contributed by atoms with E-state index in [0.29, 0.717) is 30.9 Å². The van der Waals surface area contributed by atoms with E-state index in [1.165, 1.54) is 6.07 Å². The number of carbonyl (C=O) groups is 1. The lowest BCUT2D eigenvalue weighted by atomic mass is 10.0. The number of carbonyl (C=O) groups excluding carboxylic acids is 1. The van der Waals surface area contributed by atoms with Gasteiger partial charge in [-0.15, -0.1) is 0 Å². The van der Waals surface area contributed by atoms with Crippen LogP contribution < -0.4 is 4.74 Å². The molecule has 1 aromatic heterocycles. The van der Waals surface area contributed by atoms with E-state index in [4.69, 9.17) is 4.74 Å². The number of hydrogen-bond donors (Lipinski definition) is 1. The Morgan fingerprint density at radius 3 is 2.64 bits per heavy atom. The molecular weight excluding hydrogens is 481 g/mol. The van der Waals surface area contributed by atoms with Gasteiger partial charge in [-0.2, -0.15) is 0 Å². The molecule has 0 fully saturated rings.